The van der Waals surface area contributed by atoms with Gasteiger partial charge in [0, 0.05) is 7.05 Å². The van der Waals surface area contributed by atoms with E-state index in [1.54, 1.807) is 38.2 Å². The van der Waals surface area contributed by atoms with Gasteiger partial charge < -0.3 is 0 Å². The molecule has 7 heteroatoms. The van der Waals surface area contributed by atoms with Crippen molar-refractivity contribution in [1.29, 1.82) is 0 Å². The highest BCUT2D eigenvalue weighted by Crippen LogP contribution is 2.15. The number of alkyl halides is 1. The summed E-state index contributed by atoms with van der Waals surface area (Å²) >= 11 is 2.94. The molecule has 1 aromatic carbocycles. The average molecular weight is 328 g/mol. The Morgan fingerprint density at radius 1 is 1.21 bits per heavy atom. The third kappa shape index (κ3) is 2.76. The molecule has 0 saturated heterocycles. The van der Waals surface area contributed by atoms with Gasteiger partial charge in [-0.1, -0.05) is 34.1 Å². The quantitative estimate of drug-likeness (QED) is 0.483. The zero-order valence-electron chi connectivity index (χ0n) is 10.8. The monoisotopic (exact) mass is 327 g/mol. The van der Waals surface area contributed by atoms with Crippen molar-refractivity contribution in [2.75, 3.05) is 5.83 Å². The molecule has 1 heterocycles. The number of aromatic nitrogens is 2. The second-order valence-electron chi connectivity index (χ2n) is 3.67. The van der Waals surface area contributed by atoms with E-state index in [1.807, 2.05) is 11.9 Å². The first-order valence-corrected chi connectivity index (χ1v) is 6.99. The number of hydrogen-bond acceptors (Lipinski definition) is 3. The van der Waals surface area contributed by atoms with Crippen LogP contribution in [0.25, 0.3) is 5.69 Å². The number of nitro groups is 1. The minimum absolute atomic E-state index is 0.337. The topological polar surface area (TPSA) is 70.1 Å². The lowest BCUT2D eigenvalue weighted by Crippen LogP contribution is -2.20. The summed E-state index contributed by atoms with van der Waals surface area (Å²) in [7, 11) is 1.62. The Balaban J connectivity index is 0.000000861. The molecule has 0 saturated carbocycles. The molecule has 0 N–H and O–H groups in total. The number of hydrogen-bond donors (Lipinski definition) is 0. The van der Waals surface area contributed by atoms with E-state index in [2.05, 4.69) is 15.9 Å². The molecule has 2 rings (SSSR count). The number of nitrogens with zero attached hydrogens (tertiary/aromatic N) is 3. The number of rotatable bonds is 2. The molecule has 1 aromatic heterocycles. The first kappa shape index (κ1) is 15.2. The standard InChI is InChI=1S/C11H11N3O3.CH3Br/c1-8-10(14(16)17)11(15)13(12(8)2)9-6-4-3-5-7-9;1-2/h3-7H,1-2H3;1H3. The van der Waals surface area contributed by atoms with Crippen LogP contribution in [-0.2, 0) is 7.05 Å². The highest BCUT2D eigenvalue weighted by molar-refractivity contribution is 9.08. The van der Waals surface area contributed by atoms with E-state index in [4.69, 9.17) is 0 Å². The normalized spacial score (nSPS) is 9.68. The second-order valence-corrected chi connectivity index (χ2v) is 3.67. The minimum atomic E-state index is -0.642. The van der Waals surface area contributed by atoms with Crippen LogP contribution in [-0.4, -0.2) is 20.1 Å². The molecular formula is C12H14BrN3O3. The Labute approximate surface area is 118 Å². The van der Waals surface area contributed by atoms with Crippen molar-refractivity contribution in [3.8, 4) is 5.69 Å². The third-order valence-electron chi connectivity index (χ3n) is 2.71. The van der Waals surface area contributed by atoms with Crippen LogP contribution in [0.4, 0.5) is 5.69 Å². The van der Waals surface area contributed by atoms with Crippen molar-refractivity contribution in [2.45, 2.75) is 6.92 Å². The molecule has 0 bridgehead atoms. The molecule has 0 atom stereocenters. The zero-order chi connectivity index (χ0) is 14.6. The summed E-state index contributed by atoms with van der Waals surface area (Å²) in [5.41, 5.74) is -0.0439. The fraction of sp³-hybridized carbons (Fsp3) is 0.250. The fourth-order valence-electron chi connectivity index (χ4n) is 1.76. The van der Waals surface area contributed by atoms with Gasteiger partial charge in [0.05, 0.1) is 10.6 Å². The molecule has 0 aliphatic heterocycles. The molecule has 0 aliphatic rings. The van der Waals surface area contributed by atoms with Gasteiger partial charge in [-0.15, -0.1) is 0 Å². The van der Waals surface area contributed by atoms with E-state index >= 15 is 0 Å². The summed E-state index contributed by atoms with van der Waals surface area (Å²) in [6.07, 6.45) is 0. The largest absolute Gasteiger partial charge is 0.356 e. The maximum Gasteiger partial charge on any atom is 0.356 e. The van der Waals surface area contributed by atoms with E-state index in [1.165, 1.54) is 9.36 Å². The van der Waals surface area contributed by atoms with Crippen molar-refractivity contribution in [1.82, 2.24) is 9.36 Å². The predicted octanol–water partition coefficient (Wildman–Crippen LogP) is 2.40. The number of halogens is 1. The molecule has 0 amide bonds. The van der Waals surface area contributed by atoms with E-state index in [-0.39, 0.29) is 5.69 Å². The lowest BCUT2D eigenvalue weighted by molar-refractivity contribution is -0.386. The predicted molar refractivity (Wildman–Crippen MR) is 77.3 cm³/mol. The van der Waals surface area contributed by atoms with Gasteiger partial charge in [0.1, 0.15) is 5.69 Å². The van der Waals surface area contributed by atoms with Crippen molar-refractivity contribution in [3.63, 3.8) is 0 Å². The van der Waals surface area contributed by atoms with Gasteiger partial charge in [0.25, 0.3) is 0 Å². The molecule has 0 fully saturated rings. The number of para-hydroxylation sites is 1. The molecule has 19 heavy (non-hydrogen) atoms. The van der Waals surface area contributed by atoms with E-state index in [9.17, 15) is 14.9 Å². The van der Waals surface area contributed by atoms with Gasteiger partial charge in [-0.3, -0.25) is 19.6 Å². The lowest BCUT2D eigenvalue weighted by Gasteiger charge is -2.06. The smallest absolute Gasteiger partial charge is 0.278 e. The summed E-state index contributed by atoms with van der Waals surface area (Å²) in [6, 6.07) is 8.82. The fourth-order valence-corrected chi connectivity index (χ4v) is 1.76. The third-order valence-corrected chi connectivity index (χ3v) is 2.71. The summed E-state index contributed by atoms with van der Waals surface area (Å²) in [4.78, 5) is 22.1. The molecule has 0 unspecified atom stereocenters. The molecule has 0 spiro atoms. The van der Waals surface area contributed by atoms with E-state index in [0.717, 1.165) is 0 Å². The van der Waals surface area contributed by atoms with Gasteiger partial charge >= 0.3 is 11.2 Å². The van der Waals surface area contributed by atoms with Gasteiger partial charge in [0.15, 0.2) is 0 Å². The SMILES string of the molecule is CBr.Cc1c([N+](=O)[O-])c(=O)n(-c2ccccc2)n1C. The Hall–Kier alpha value is -1.89. The van der Waals surface area contributed by atoms with E-state index in [0.29, 0.717) is 11.4 Å². The van der Waals surface area contributed by atoms with Crippen LogP contribution in [0.5, 0.6) is 0 Å². The lowest BCUT2D eigenvalue weighted by atomic mass is 10.3. The Morgan fingerprint density at radius 2 is 1.74 bits per heavy atom. The molecule has 2 aromatic rings. The van der Waals surface area contributed by atoms with Crippen molar-refractivity contribution < 1.29 is 4.92 Å². The van der Waals surface area contributed by atoms with Crippen molar-refractivity contribution in [2.24, 2.45) is 7.05 Å². The van der Waals surface area contributed by atoms with Gasteiger partial charge in [-0.05, 0) is 24.9 Å². The Kier molecular flexibility index (Phi) is 5.05. The molecule has 0 aliphatic carbocycles. The van der Waals surface area contributed by atoms with Gasteiger partial charge in [0.2, 0.25) is 0 Å². The summed E-state index contributed by atoms with van der Waals surface area (Å²) < 4.78 is 2.77. The van der Waals surface area contributed by atoms with Crippen molar-refractivity contribution >= 4 is 21.6 Å². The Bertz CT molecular complexity index is 632. The zero-order valence-corrected chi connectivity index (χ0v) is 12.4. The first-order valence-electron chi connectivity index (χ1n) is 5.40. The van der Waals surface area contributed by atoms with Crippen LogP contribution in [0.1, 0.15) is 5.69 Å². The molecular weight excluding hydrogens is 314 g/mol. The highest BCUT2D eigenvalue weighted by atomic mass is 79.9. The number of benzene rings is 1. The van der Waals surface area contributed by atoms with Gasteiger partial charge in [-0.2, -0.15) is 0 Å². The minimum Gasteiger partial charge on any atom is -0.278 e. The Morgan fingerprint density at radius 3 is 2.16 bits per heavy atom. The first-order chi connectivity index (χ1) is 9.04. The van der Waals surface area contributed by atoms with Crippen LogP contribution in [0.2, 0.25) is 0 Å². The van der Waals surface area contributed by atoms with Crippen LogP contribution in [0.15, 0.2) is 35.1 Å². The molecule has 102 valence electrons. The van der Waals surface area contributed by atoms with Crippen LogP contribution >= 0.6 is 15.9 Å². The summed E-state index contributed by atoms with van der Waals surface area (Å²) in [5.74, 6) is 1.81. The average Bonchev–Trinajstić information content (AvgIpc) is 2.64. The van der Waals surface area contributed by atoms with Crippen LogP contribution in [0, 0.1) is 17.0 Å². The highest BCUT2D eigenvalue weighted by Gasteiger charge is 2.25. The maximum absolute atomic E-state index is 12.0. The van der Waals surface area contributed by atoms with Crippen LogP contribution in [0.3, 0.4) is 0 Å². The molecule has 0 radical (unpaired) electrons. The van der Waals surface area contributed by atoms with E-state index < -0.39 is 10.5 Å². The summed E-state index contributed by atoms with van der Waals surface area (Å²) in [5, 5.41) is 10.8. The van der Waals surface area contributed by atoms with Gasteiger partial charge in [-0.25, -0.2) is 4.68 Å². The van der Waals surface area contributed by atoms with Crippen molar-refractivity contribution in [3.05, 3.63) is 56.5 Å². The molecule has 6 nitrogen and oxygen atoms in total. The van der Waals surface area contributed by atoms with Crippen LogP contribution < -0.4 is 5.56 Å². The summed E-state index contributed by atoms with van der Waals surface area (Å²) in [6.45, 7) is 1.55. The second kappa shape index (κ2) is 6.33. The maximum atomic E-state index is 12.0.